The second-order valence-corrected chi connectivity index (χ2v) is 27.3. The highest BCUT2D eigenvalue weighted by Crippen LogP contribution is 2.64. The molecular formula is C70H84N4O12. The number of fused-ring (bicyclic) bond motifs is 12. The molecule has 456 valence electrons. The largest absolute Gasteiger partial charge is 0.508 e. The molecule has 14 rings (SSSR count). The highest BCUT2D eigenvalue weighted by Gasteiger charge is 2.60. The van der Waals surface area contributed by atoms with Crippen LogP contribution in [0.15, 0.2) is 110 Å². The van der Waals surface area contributed by atoms with Crippen molar-refractivity contribution in [3.05, 3.63) is 156 Å². The molecule has 6 aliphatic carbocycles. The molecule has 14 atom stereocenters. The van der Waals surface area contributed by atoms with Crippen LogP contribution < -0.4 is 31.8 Å². The van der Waals surface area contributed by atoms with Gasteiger partial charge < -0.3 is 66.0 Å². The van der Waals surface area contributed by atoms with Gasteiger partial charge >= 0.3 is 5.97 Å². The number of carbonyl (C=O) groups is 1. The van der Waals surface area contributed by atoms with E-state index in [1.165, 1.54) is 5.57 Å². The molecular weight excluding hydrogens is 1090 g/mol. The third-order valence-corrected chi connectivity index (χ3v) is 22.9. The second kappa shape index (κ2) is 21.7. The number of rotatable bonds is 9. The van der Waals surface area contributed by atoms with Crippen molar-refractivity contribution in [1.82, 2.24) is 16.0 Å². The van der Waals surface area contributed by atoms with E-state index in [-0.39, 0.29) is 93.9 Å². The summed E-state index contributed by atoms with van der Waals surface area (Å²) in [5.74, 6) is -3.74. The fraction of sp³-hybridized carbons (Fsp3) is 0.543. The Balaban J connectivity index is 0.931. The molecule has 12 N–H and O–H groups in total. The minimum atomic E-state index is -1.61. The number of benzene rings is 3. The summed E-state index contributed by atoms with van der Waals surface area (Å²) in [6.45, 7) is 5.90. The first-order valence-electron chi connectivity index (χ1n) is 32.0. The SMILES string of the molecule is CC=C(C(=O)OC1Cc2c3c(c4oc(CO)cc(=O)c4c2O)C2C4=CCNC(N)=C4C(CCc4ccc(O)cc4C2CO)C2CCC4=CC(NCC)NC=C4CC2C1(C)O3)C1(O)CC2CC1CC1CC(CC3(O)CCCCC3)C(O)c3cccc2c31. The smallest absolute Gasteiger partial charge is 0.337 e. The zero-order valence-corrected chi connectivity index (χ0v) is 49.7. The number of nitrogens with two attached hydrogens (primary N) is 1. The number of carbonyl (C=O) groups excluding carboxylic acids is 1. The lowest BCUT2D eigenvalue weighted by molar-refractivity contribution is -0.171. The summed E-state index contributed by atoms with van der Waals surface area (Å²) in [5.41, 5.74) is 12.3. The molecule has 16 nitrogen and oxygen atoms in total. The van der Waals surface area contributed by atoms with Gasteiger partial charge in [-0.2, -0.15) is 0 Å². The van der Waals surface area contributed by atoms with Crippen molar-refractivity contribution in [3.8, 4) is 17.2 Å². The normalized spacial score (nSPS) is 34.0. The number of phenolic OH excluding ortho intramolecular Hbond substituents is 2. The van der Waals surface area contributed by atoms with Crippen LogP contribution in [0.3, 0.4) is 0 Å². The Bertz CT molecular complexity index is 3650. The van der Waals surface area contributed by atoms with Gasteiger partial charge in [-0.25, -0.2) is 4.79 Å². The topological polar surface area (TPSA) is 269 Å². The molecule has 3 aromatic carbocycles. The maximum absolute atomic E-state index is 16.0. The van der Waals surface area contributed by atoms with Gasteiger partial charge in [-0.3, -0.25) is 10.1 Å². The zero-order chi connectivity index (χ0) is 59.7. The van der Waals surface area contributed by atoms with Crippen LogP contribution in [0.2, 0.25) is 0 Å². The Morgan fingerprint density at radius 3 is 2.53 bits per heavy atom. The third kappa shape index (κ3) is 9.11. The van der Waals surface area contributed by atoms with Crippen LogP contribution in [0.1, 0.15) is 185 Å². The minimum absolute atomic E-state index is 0.0146. The van der Waals surface area contributed by atoms with E-state index >= 15 is 4.79 Å². The number of hydrogen-bond donors (Lipinski definition) is 11. The van der Waals surface area contributed by atoms with Crippen LogP contribution in [0, 0.1) is 29.6 Å². The molecule has 1 aromatic heterocycles. The fourth-order valence-electron chi connectivity index (χ4n) is 19.0. The first-order chi connectivity index (χ1) is 41.5. The summed E-state index contributed by atoms with van der Waals surface area (Å²) in [7, 11) is 0. The maximum atomic E-state index is 16.0. The number of esters is 1. The Morgan fingerprint density at radius 1 is 0.953 bits per heavy atom. The summed E-state index contributed by atoms with van der Waals surface area (Å²) < 4.78 is 21.7. The van der Waals surface area contributed by atoms with Gasteiger partial charge in [0.15, 0.2) is 5.43 Å². The van der Waals surface area contributed by atoms with Crippen molar-refractivity contribution < 1.29 is 54.4 Å². The molecule has 16 heteroatoms. The molecule has 3 fully saturated rings. The first kappa shape index (κ1) is 57.4. The summed E-state index contributed by atoms with van der Waals surface area (Å²) in [6.07, 6.45) is 16.2. The number of nitrogens with one attached hydrogen (secondary N) is 3. The lowest BCUT2D eigenvalue weighted by Crippen LogP contribution is -2.59. The van der Waals surface area contributed by atoms with Gasteiger partial charge in [0.1, 0.15) is 58.1 Å². The number of likely N-dealkylation sites (N-methyl/N-ethyl adjacent to an activating group) is 1. The van der Waals surface area contributed by atoms with Crippen molar-refractivity contribution >= 4 is 16.9 Å². The van der Waals surface area contributed by atoms with E-state index in [2.05, 4.69) is 47.3 Å². The Morgan fingerprint density at radius 2 is 1.76 bits per heavy atom. The van der Waals surface area contributed by atoms with E-state index in [4.69, 9.17) is 19.6 Å². The number of dihydropyridines is 2. The molecule has 3 saturated carbocycles. The Hall–Kier alpha value is -6.40. The quantitative estimate of drug-likeness (QED) is 0.0553. The molecule has 4 aliphatic heterocycles. The average molecular weight is 1170 g/mol. The number of aliphatic hydroxyl groups excluding tert-OH is 3. The number of hydrogen-bond acceptors (Lipinski definition) is 16. The van der Waals surface area contributed by atoms with E-state index in [9.17, 15) is 40.5 Å². The van der Waals surface area contributed by atoms with Crippen molar-refractivity contribution in [3.63, 3.8) is 0 Å². The van der Waals surface area contributed by atoms with Crippen molar-refractivity contribution in [2.75, 3.05) is 19.7 Å². The highest BCUT2D eigenvalue weighted by atomic mass is 16.6. The van der Waals surface area contributed by atoms with Crippen molar-refractivity contribution in [1.29, 1.82) is 0 Å². The van der Waals surface area contributed by atoms with Crippen LogP contribution in [0.25, 0.3) is 11.0 Å². The van der Waals surface area contributed by atoms with E-state index < -0.39 is 77.1 Å². The average Bonchev–Trinajstić information content (AvgIpc) is 1.13. The second-order valence-electron chi connectivity index (χ2n) is 27.3. The predicted octanol–water partition coefficient (Wildman–Crippen LogP) is 8.70. The summed E-state index contributed by atoms with van der Waals surface area (Å²) >= 11 is 0. The third-order valence-electron chi connectivity index (χ3n) is 22.9. The van der Waals surface area contributed by atoms with Crippen LogP contribution in [0.5, 0.6) is 17.2 Å². The lowest BCUT2D eigenvalue weighted by Gasteiger charge is -2.52. The molecule has 86 heavy (non-hydrogen) atoms. The van der Waals surface area contributed by atoms with Gasteiger partial charge in [0.05, 0.1) is 35.7 Å². The maximum Gasteiger partial charge on any atom is 0.337 e. The summed E-state index contributed by atoms with van der Waals surface area (Å²) in [4.78, 5) is 30.7. The number of aliphatic hydroxyl groups is 5. The van der Waals surface area contributed by atoms with Crippen molar-refractivity contribution in [2.24, 2.45) is 35.3 Å². The Labute approximate surface area is 502 Å². The number of ether oxygens (including phenoxy) is 2. The number of aryl methyl sites for hydroxylation is 1. The van der Waals surface area contributed by atoms with Gasteiger partial charge in [-0.05, 0) is 201 Å². The molecule has 0 radical (unpaired) electrons. The standard InChI is InChI=1S/C70H84N4O12/c1-4-52(70(83)31-38-24-41(70)23-37-22-39(30-69(82)19-7-6-8-20-69)62(79)48-11-9-10-44(38)57(37)48)67(81)85-55-29-50-63(80)60-54(78)28-43(33-75)84-65(60)61-58-47-18-21-73-66(71)59(47)46(17-13-35-12-15-42(77)27-49(35)51(58)34-76)45-16-14-36-26-56(72-5-2)74-32-40(36)25-53(45)68(55,3)86-64(50)61/h4,9-12,15,18,26-28,32,37-39,41,45-46,51,53,55-56,58,62,72-77,79-80,82-83H,5-8,13-14,16-17,19-25,29-31,33-34,71H2,1-3H3. The number of phenols is 2. The molecule has 0 amide bonds. The molecule has 10 aliphatic rings. The lowest BCUT2D eigenvalue weighted by atomic mass is 9.61. The molecule has 5 heterocycles. The highest BCUT2D eigenvalue weighted by molar-refractivity contribution is 5.93. The molecule has 6 bridgehead atoms. The predicted molar refractivity (Wildman–Crippen MR) is 324 cm³/mol. The van der Waals surface area contributed by atoms with Gasteiger partial charge in [0.25, 0.3) is 0 Å². The van der Waals surface area contributed by atoms with E-state index in [0.717, 1.165) is 83.7 Å². The van der Waals surface area contributed by atoms with Crippen LogP contribution in [0.4, 0.5) is 0 Å². The van der Waals surface area contributed by atoms with Crippen LogP contribution in [-0.2, 0) is 29.0 Å². The van der Waals surface area contributed by atoms with Crippen LogP contribution >= 0.6 is 0 Å². The van der Waals surface area contributed by atoms with Crippen molar-refractivity contribution in [2.45, 2.75) is 189 Å². The zero-order valence-electron chi connectivity index (χ0n) is 49.7. The van der Waals surface area contributed by atoms with E-state index in [0.29, 0.717) is 81.3 Å². The van der Waals surface area contributed by atoms with Crippen LogP contribution in [-0.4, -0.2) is 90.5 Å². The van der Waals surface area contributed by atoms with E-state index in [1.807, 2.05) is 25.1 Å². The first-order valence-corrected chi connectivity index (χ1v) is 32.0. The summed E-state index contributed by atoms with van der Waals surface area (Å²) in [5, 5.41) is 95.0. The molecule has 0 spiro atoms. The molecule has 0 saturated heterocycles. The molecule has 14 unspecified atom stereocenters. The van der Waals surface area contributed by atoms with Gasteiger partial charge in [0.2, 0.25) is 0 Å². The minimum Gasteiger partial charge on any atom is -0.508 e. The van der Waals surface area contributed by atoms with E-state index in [1.54, 1.807) is 25.1 Å². The monoisotopic (exact) mass is 1170 g/mol. The molecule has 4 aromatic rings. The number of allylic oxidation sites excluding steroid dienone is 5. The Kier molecular flexibility index (Phi) is 14.5. The number of aromatic hydroxyl groups is 2. The summed E-state index contributed by atoms with van der Waals surface area (Å²) in [6, 6.07) is 12.6. The van der Waals surface area contributed by atoms with Gasteiger partial charge in [-0.15, -0.1) is 0 Å². The van der Waals surface area contributed by atoms with Gasteiger partial charge in [0, 0.05) is 54.1 Å². The fourth-order valence-corrected chi connectivity index (χ4v) is 19.0. The van der Waals surface area contributed by atoms with Gasteiger partial charge in [-0.1, -0.05) is 62.6 Å².